The standard InChI is InChI=1S/C9H11N3O2/c1-5-7-3-4-14-8(7)12-9(10-5)11-6(2)13/h3-4H2,1-2H3,(H,10,11,12,13). The summed E-state index contributed by atoms with van der Waals surface area (Å²) >= 11 is 0. The fraction of sp³-hybridized carbons (Fsp3) is 0.444. The van der Waals surface area contributed by atoms with Crippen LogP contribution in [-0.4, -0.2) is 22.5 Å². The van der Waals surface area contributed by atoms with Gasteiger partial charge < -0.3 is 4.74 Å². The number of carbonyl (C=O) groups excluding carboxylic acids is 1. The molecule has 14 heavy (non-hydrogen) atoms. The molecule has 2 heterocycles. The third-order valence-corrected chi connectivity index (χ3v) is 2.05. The second-order valence-electron chi connectivity index (χ2n) is 3.20. The Bertz CT molecular complexity index is 390. The Kier molecular flexibility index (Phi) is 2.07. The van der Waals surface area contributed by atoms with Gasteiger partial charge in [-0.15, -0.1) is 0 Å². The number of ether oxygens (including phenoxy) is 1. The highest BCUT2D eigenvalue weighted by molar-refractivity contribution is 5.86. The Balaban J connectivity index is 2.36. The Morgan fingerprint density at radius 3 is 3.00 bits per heavy atom. The minimum absolute atomic E-state index is 0.178. The van der Waals surface area contributed by atoms with Gasteiger partial charge >= 0.3 is 0 Å². The number of anilines is 1. The smallest absolute Gasteiger partial charge is 0.232 e. The molecule has 0 saturated carbocycles. The molecule has 0 fully saturated rings. The quantitative estimate of drug-likeness (QED) is 0.712. The average Bonchev–Trinajstić information content (AvgIpc) is 2.50. The van der Waals surface area contributed by atoms with Gasteiger partial charge in [-0.2, -0.15) is 4.98 Å². The van der Waals surface area contributed by atoms with Gasteiger partial charge in [0.2, 0.25) is 17.7 Å². The molecule has 1 aromatic rings. The highest BCUT2D eigenvalue weighted by atomic mass is 16.5. The van der Waals surface area contributed by atoms with Gasteiger partial charge in [-0.25, -0.2) is 4.98 Å². The first-order valence-electron chi connectivity index (χ1n) is 4.44. The number of aromatic nitrogens is 2. The number of hydrogen-bond acceptors (Lipinski definition) is 4. The summed E-state index contributed by atoms with van der Waals surface area (Å²) < 4.78 is 5.30. The van der Waals surface area contributed by atoms with E-state index in [1.54, 1.807) is 0 Å². The molecule has 0 saturated heterocycles. The topological polar surface area (TPSA) is 64.1 Å². The summed E-state index contributed by atoms with van der Waals surface area (Å²) in [6.45, 7) is 3.96. The zero-order chi connectivity index (χ0) is 10.1. The SMILES string of the molecule is CC(=O)Nc1nc(C)c2c(n1)OCC2. The first-order valence-corrected chi connectivity index (χ1v) is 4.44. The molecule has 0 unspecified atom stereocenters. The summed E-state index contributed by atoms with van der Waals surface area (Å²) in [5, 5.41) is 2.53. The minimum atomic E-state index is -0.178. The van der Waals surface area contributed by atoms with Crippen molar-refractivity contribution >= 4 is 11.9 Å². The molecule has 1 N–H and O–H groups in total. The Hall–Kier alpha value is -1.65. The lowest BCUT2D eigenvalue weighted by atomic mass is 10.2. The van der Waals surface area contributed by atoms with Gasteiger partial charge in [0.25, 0.3) is 0 Å². The molecule has 0 spiro atoms. The highest BCUT2D eigenvalue weighted by Gasteiger charge is 2.18. The average molecular weight is 193 g/mol. The number of amides is 1. The number of aryl methyl sites for hydroxylation is 1. The molecule has 2 rings (SSSR count). The van der Waals surface area contributed by atoms with Crippen LogP contribution in [0.3, 0.4) is 0 Å². The molecule has 0 atom stereocenters. The van der Waals surface area contributed by atoms with E-state index in [0.717, 1.165) is 17.7 Å². The van der Waals surface area contributed by atoms with Crippen LogP contribution in [0.4, 0.5) is 5.95 Å². The minimum Gasteiger partial charge on any atom is -0.477 e. The van der Waals surface area contributed by atoms with Crippen LogP contribution in [-0.2, 0) is 11.2 Å². The predicted octanol–water partition coefficient (Wildman–Crippen LogP) is 0.678. The molecule has 5 heteroatoms. The summed E-state index contributed by atoms with van der Waals surface area (Å²) in [6, 6.07) is 0. The van der Waals surface area contributed by atoms with Gasteiger partial charge in [-0.3, -0.25) is 10.1 Å². The molecule has 1 aliphatic heterocycles. The van der Waals surface area contributed by atoms with Gasteiger partial charge in [-0.1, -0.05) is 0 Å². The van der Waals surface area contributed by atoms with Crippen molar-refractivity contribution in [3.63, 3.8) is 0 Å². The zero-order valence-corrected chi connectivity index (χ0v) is 8.13. The molecule has 1 aliphatic rings. The van der Waals surface area contributed by atoms with Crippen molar-refractivity contribution in [2.45, 2.75) is 20.3 Å². The van der Waals surface area contributed by atoms with E-state index >= 15 is 0 Å². The second kappa shape index (κ2) is 3.25. The number of carbonyl (C=O) groups is 1. The van der Waals surface area contributed by atoms with Crippen LogP contribution >= 0.6 is 0 Å². The number of rotatable bonds is 1. The van der Waals surface area contributed by atoms with Crippen molar-refractivity contribution in [1.82, 2.24) is 9.97 Å². The lowest BCUT2D eigenvalue weighted by Crippen LogP contribution is -2.10. The fourth-order valence-electron chi connectivity index (χ4n) is 1.44. The summed E-state index contributed by atoms with van der Waals surface area (Å²) in [6.07, 6.45) is 0.849. The molecule has 0 bridgehead atoms. The fourth-order valence-corrected chi connectivity index (χ4v) is 1.44. The molecule has 0 radical (unpaired) electrons. The maximum atomic E-state index is 10.8. The third-order valence-electron chi connectivity index (χ3n) is 2.05. The summed E-state index contributed by atoms with van der Waals surface area (Å²) in [4.78, 5) is 19.0. The van der Waals surface area contributed by atoms with Crippen LogP contribution in [0.2, 0.25) is 0 Å². The zero-order valence-electron chi connectivity index (χ0n) is 8.13. The van der Waals surface area contributed by atoms with E-state index in [1.807, 2.05) is 6.92 Å². The van der Waals surface area contributed by atoms with Gasteiger partial charge in [0, 0.05) is 18.9 Å². The summed E-state index contributed by atoms with van der Waals surface area (Å²) in [5.74, 6) is 0.735. The van der Waals surface area contributed by atoms with Gasteiger partial charge in [0.05, 0.1) is 12.3 Å². The van der Waals surface area contributed by atoms with Gasteiger partial charge in [-0.05, 0) is 6.92 Å². The largest absolute Gasteiger partial charge is 0.477 e. The molecule has 0 aromatic carbocycles. The summed E-state index contributed by atoms with van der Waals surface area (Å²) in [7, 11) is 0. The maximum Gasteiger partial charge on any atom is 0.232 e. The van der Waals surface area contributed by atoms with E-state index in [4.69, 9.17) is 4.74 Å². The molecular weight excluding hydrogens is 182 g/mol. The first-order chi connectivity index (χ1) is 6.66. The normalized spacial score (nSPS) is 13.3. The van der Waals surface area contributed by atoms with E-state index in [0.29, 0.717) is 18.4 Å². The monoisotopic (exact) mass is 193 g/mol. The number of fused-ring (bicyclic) bond motifs is 1. The van der Waals surface area contributed by atoms with Crippen LogP contribution < -0.4 is 10.1 Å². The van der Waals surface area contributed by atoms with Gasteiger partial charge in [0.1, 0.15) is 0 Å². The summed E-state index contributed by atoms with van der Waals surface area (Å²) in [5.41, 5.74) is 1.91. The highest BCUT2D eigenvalue weighted by Crippen LogP contribution is 2.25. The van der Waals surface area contributed by atoms with Crippen molar-refractivity contribution in [2.75, 3.05) is 11.9 Å². The molecule has 0 aliphatic carbocycles. The molecule has 74 valence electrons. The van der Waals surface area contributed by atoms with Gasteiger partial charge in [0.15, 0.2) is 0 Å². The van der Waals surface area contributed by atoms with E-state index in [2.05, 4.69) is 15.3 Å². The Morgan fingerprint density at radius 1 is 1.50 bits per heavy atom. The van der Waals surface area contributed by atoms with E-state index in [-0.39, 0.29) is 5.91 Å². The van der Waals surface area contributed by atoms with E-state index in [1.165, 1.54) is 6.92 Å². The Morgan fingerprint density at radius 2 is 2.29 bits per heavy atom. The molecule has 1 amide bonds. The number of hydrogen-bond donors (Lipinski definition) is 1. The lowest BCUT2D eigenvalue weighted by molar-refractivity contribution is -0.114. The second-order valence-corrected chi connectivity index (χ2v) is 3.20. The van der Waals surface area contributed by atoms with Crippen LogP contribution in [0.25, 0.3) is 0 Å². The van der Waals surface area contributed by atoms with Crippen LogP contribution in [0.5, 0.6) is 5.88 Å². The van der Waals surface area contributed by atoms with Crippen molar-refractivity contribution < 1.29 is 9.53 Å². The number of nitrogens with zero attached hydrogens (tertiary/aromatic N) is 2. The molecule has 1 aromatic heterocycles. The Labute approximate surface area is 81.5 Å². The van der Waals surface area contributed by atoms with Crippen molar-refractivity contribution in [2.24, 2.45) is 0 Å². The molecule has 5 nitrogen and oxygen atoms in total. The first kappa shape index (κ1) is 8.93. The number of nitrogens with one attached hydrogen (secondary N) is 1. The van der Waals surface area contributed by atoms with E-state index in [9.17, 15) is 4.79 Å². The van der Waals surface area contributed by atoms with Crippen molar-refractivity contribution in [3.05, 3.63) is 11.3 Å². The maximum absolute atomic E-state index is 10.8. The van der Waals surface area contributed by atoms with Crippen LogP contribution in [0.15, 0.2) is 0 Å². The van der Waals surface area contributed by atoms with Crippen molar-refractivity contribution in [1.29, 1.82) is 0 Å². The van der Waals surface area contributed by atoms with E-state index < -0.39 is 0 Å². The molecular formula is C9H11N3O2. The lowest BCUT2D eigenvalue weighted by Gasteiger charge is -2.04. The van der Waals surface area contributed by atoms with Crippen LogP contribution in [0, 0.1) is 6.92 Å². The third kappa shape index (κ3) is 1.53. The van der Waals surface area contributed by atoms with Crippen LogP contribution in [0.1, 0.15) is 18.2 Å². The van der Waals surface area contributed by atoms with Crippen molar-refractivity contribution in [3.8, 4) is 5.88 Å². The predicted molar refractivity (Wildman–Crippen MR) is 50.3 cm³/mol.